The molecule has 0 aliphatic heterocycles. The number of halogens is 1. The van der Waals surface area contributed by atoms with Crippen molar-refractivity contribution in [3.05, 3.63) is 105 Å². The van der Waals surface area contributed by atoms with Gasteiger partial charge in [0.05, 0.1) is 17.3 Å². The van der Waals surface area contributed by atoms with Gasteiger partial charge in [-0.15, -0.1) is 0 Å². The minimum absolute atomic E-state index is 0.128. The molecule has 7 heteroatoms. The summed E-state index contributed by atoms with van der Waals surface area (Å²) in [6.45, 7) is 4.46. The molecule has 6 nitrogen and oxygen atoms in total. The van der Waals surface area contributed by atoms with Gasteiger partial charge in [-0.3, -0.25) is 9.78 Å². The standard InChI is InChI=1S/C25H23ClN4O2/c1-16-10-19-12-20(24(31)28-23(19)11-17(16)2)15-30(14-18-6-5-9-27-13-18)25(32)29-22-8-4-3-7-21(22)26/h3-13H,14-15H2,1-2H3,(H,28,31)(H,29,32). The van der Waals surface area contributed by atoms with Crippen LogP contribution in [0.25, 0.3) is 10.9 Å². The molecule has 0 bridgehead atoms. The number of benzene rings is 2. The van der Waals surface area contributed by atoms with Crippen molar-refractivity contribution in [1.29, 1.82) is 0 Å². The van der Waals surface area contributed by atoms with Crippen LogP contribution < -0.4 is 10.9 Å². The number of rotatable bonds is 5. The molecule has 2 aromatic carbocycles. The van der Waals surface area contributed by atoms with E-state index in [9.17, 15) is 9.59 Å². The summed E-state index contributed by atoms with van der Waals surface area (Å²) in [5, 5.41) is 4.21. The Kier molecular flexibility index (Phi) is 6.23. The monoisotopic (exact) mass is 446 g/mol. The Bertz CT molecular complexity index is 1340. The van der Waals surface area contributed by atoms with Gasteiger partial charge in [-0.05, 0) is 72.3 Å². The van der Waals surface area contributed by atoms with Crippen molar-refractivity contribution in [2.45, 2.75) is 26.9 Å². The van der Waals surface area contributed by atoms with Gasteiger partial charge in [0.2, 0.25) is 0 Å². The number of fused-ring (bicyclic) bond motifs is 1. The van der Waals surface area contributed by atoms with Gasteiger partial charge in [-0.2, -0.15) is 0 Å². The Labute approximate surface area is 190 Å². The molecule has 0 spiro atoms. The van der Waals surface area contributed by atoms with Gasteiger partial charge in [0.1, 0.15) is 0 Å². The molecule has 0 saturated heterocycles. The van der Waals surface area contributed by atoms with E-state index in [1.54, 1.807) is 41.6 Å². The Hall–Kier alpha value is -3.64. The van der Waals surface area contributed by atoms with Gasteiger partial charge in [-0.25, -0.2) is 4.79 Å². The second-order valence-electron chi connectivity index (χ2n) is 7.77. The highest BCUT2D eigenvalue weighted by atomic mass is 35.5. The second kappa shape index (κ2) is 9.24. The molecule has 0 saturated carbocycles. The van der Waals surface area contributed by atoms with E-state index in [0.29, 0.717) is 16.3 Å². The maximum Gasteiger partial charge on any atom is 0.322 e. The fraction of sp³-hybridized carbons (Fsp3) is 0.160. The highest BCUT2D eigenvalue weighted by Gasteiger charge is 2.18. The SMILES string of the molecule is Cc1cc2cc(CN(Cc3cccnc3)C(=O)Nc3ccccc3Cl)c(=O)[nH]c2cc1C. The second-order valence-corrected chi connectivity index (χ2v) is 8.18. The molecule has 0 radical (unpaired) electrons. The van der Waals surface area contributed by atoms with Crippen molar-refractivity contribution in [2.24, 2.45) is 0 Å². The predicted octanol–water partition coefficient (Wildman–Crippen LogP) is 5.43. The van der Waals surface area contributed by atoms with E-state index in [4.69, 9.17) is 11.6 Å². The average Bonchev–Trinajstić information content (AvgIpc) is 2.77. The van der Waals surface area contributed by atoms with Crippen LogP contribution >= 0.6 is 11.6 Å². The lowest BCUT2D eigenvalue weighted by atomic mass is 10.0. The molecule has 162 valence electrons. The zero-order valence-electron chi connectivity index (χ0n) is 17.9. The fourth-order valence-corrected chi connectivity index (χ4v) is 3.70. The van der Waals surface area contributed by atoms with Crippen LogP contribution in [-0.4, -0.2) is 20.9 Å². The number of pyridine rings is 2. The summed E-state index contributed by atoms with van der Waals surface area (Å²) in [6, 6.07) is 16.2. The Balaban J connectivity index is 1.67. The fourth-order valence-electron chi connectivity index (χ4n) is 3.51. The van der Waals surface area contributed by atoms with Crippen LogP contribution in [0.2, 0.25) is 5.02 Å². The van der Waals surface area contributed by atoms with Gasteiger partial charge >= 0.3 is 6.03 Å². The number of para-hydroxylation sites is 1. The van der Waals surface area contributed by atoms with Crippen molar-refractivity contribution in [2.75, 3.05) is 5.32 Å². The molecule has 0 unspecified atom stereocenters. The van der Waals surface area contributed by atoms with Crippen LogP contribution in [0.1, 0.15) is 22.3 Å². The van der Waals surface area contributed by atoms with Gasteiger partial charge in [0.15, 0.2) is 0 Å². The van der Waals surface area contributed by atoms with Crippen LogP contribution in [0.4, 0.5) is 10.5 Å². The predicted molar refractivity (Wildman–Crippen MR) is 128 cm³/mol. The first-order valence-electron chi connectivity index (χ1n) is 10.2. The molecule has 2 N–H and O–H groups in total. The van der Waals surface area contributed by atoms with Crippen LogP contribution in [0, 0.1) is 13.8 Å². The number of hydrogen-bond donors (Lipinski definition) is 2. The summed E-state index contributed by atoms with van der Waals surface area (Å²) >= 11 is 6.21. The number of amides is 2. The van der Waals surface area contributed by atoms with Crippen LogP contribution in [0.3, 0.4) is 0 Å². The number of anilines is 1. The molecule has 2 amide bonds. The van der Waals surface area contributed by atoms with Crippen LogP contribution in [0.15, 0.2) is 71.8 Å². The molecular weight excluding hydrogens is 424 g/mol. The van der Waals surface area contributed by atoms with Crippen molar-refractivity contribution in [1.82, 2.24) is 14.9 Å². The smallest absolute Gasteiger partial charge is 0.322 e. The summed E-state index contributed by atoms with van der Waals surface area (Å²) in [5.74, 6) is 0. The molecule has 0 atom stereocenters. The molecule has 4 aromatic rings. The molecule has 2 aromatic heterocycles. The quantitative estimate of drug-likeness (QED) is 0.429. The Morgan fingerprint density at radius 2 is 1.84 bits per heavy atom. The van der Waals surface area contributed by atoms with Crippen molar-refractivity contribution in [3.8, 4) is 0 Å². The lowest BCUT2D eigenvalue weighted by molar-refractivity contribution is 0.206. The molecule has 4 rings (SSSR count). The number of carbonyl (C=O) groups excluding carboxylic acids is 1. The first-order valence-corrected chi connectivity index (χ1v) is 10.6. The van der Waals surface area contributed by atoms with E-state index in [0.717, 1.165) is 27.6 Å². The highest BCUT2D eigenvalue weighted by molar-refractivity contribution is 6.33. The van der Waals surface area contributed by atoms with Crippen molar-refractivity contribution < 1.29 is 4.79 Å². The molecule has 0 aliphatic carbocycles. The molecule has 32 heavy (non-hydrogen) atoms. The third-order valence-electron chi connectivity index (χ3n) is 5.40. The number of hydrogen-bond acceptors (Lipinski definition) is 3. The molecule has 0 aliphatic rings. The number of urea groups is 1. The topological polar surface area (TPSA) is 78.1 Å². The summed E-state index contributed by atoms with van der Waals surface area (Å²) < 4.78 is 0. The third kappa shape index (κ3) is 4.81. The van der Waals surface area contributed by atoms with E-state index >= 15 is 0 Å². The normalized spacial score (nSPS) is 10.8. The summed E-state index contributed by atoms with van der Waals surface area (Å²) in [7, 11) is 0. The minimum atomic E-state index is -0.360. The van der Waals surface area contributed by atoms with Gasteiger partial charge in [0.25, 0.3) is 5.56 Å². The van der Waals surface area contributed by atoms with Gasteiger partial charge in [0, 0.05) is 30.0 Å². The first kappa shape index (κ1) is 21.6. The number of aromatic amines is 1. The number of nitrogens with zero attached hydrogens (tertiary/aromatic N) is 2. The lowest BCUT2D eigenvalue weighted by Crippen LogP contribution is -2.35. The number of carbonyl (C=O) groups is 1. The highest BCUT2D eigenvalue weighted by Crippen LogP contribution is 2.22. The van der Waals surface area contributed by atoms with E-state index in [1.165, 1.54) is 0 Å². The average molecular weight is 447 g/mol. The summed E-state index contributed by atoms with van der Waals surface area (Å²) in [6.07, 6.45) is 3.38. The van der Waals surface area contributed by atoms with Gasteiger partial charge < -0.3 is 15.2 Å². The Morgan fingerprint density at radius 3 is 2.59 bits per heavy atom. The Morgan fingerprint density at radius 1 is 1.06 bits per heavy atom. The zero-order valence-corrected chi connectivity index (χ0v) is 18.6. The van der Waals surface area contributed by atoms with E-state index in [2.05, 4.69) is 15.3 Å². The lowest BCUT2D eigenvalue weighted by Gasteiger charge is -2.23. The number of H-pyrrole nitrogens is 1. The van der Waals surface area contributed by atoms with E-state index < -0.39 is 0 Å². The van der Waals surface area contributed by atoms with Crippen molar-refractivity contribution in [3.63, 3.8) is 0 Å². The molecule has 0 fully saturated rings. The number of aromatic nitrogens is 2. The van der Waals surface area contributed by atoms with E-state index in [1.807, 2.05) is 44.2 Å². The zero-order chi connectivity index (χ0) is 22.7. The summed E-state index contributed by atoms with van der Waals surface area (Å²) in [4.78, 5) is 34.6. The largest absolute Gasteiger partial charge is 0.322 e. The van der Waals surface area contributed by atoms with E-state index in [-0.39, 0.29) is 24.7 Å². The van der Waals surface area contributed by atoms with Crippen molar-refractivity contribution >= 4 is 34.2 Å². The molecular formula is C25H23ClN4O2. The number of aryl methyl sites for hydroxylation is 2. The van der Waals surface area contributed by atoms with Crippen LogP contribution in [-0.2, 0) is 13.1 Å². The third-order valence-corrected chi connectivity index (χ3v) is 5.73. The maximum atomic E-state index is 13.2. The first-order chi connectivity index (χ1) is 15.4. The number of nitrogens with one attached hydrogen (secondary N) is 2. The van der Waals surface area contributed by atoms with Crippen LogP contribution in [0.5, 0.6) is 0 Å². The summed E-state index contributed by atoms with van der Waals surface area (Å²) in [5.41, 5.74) is 4.67. The van der Waals surface area contributed by atoms with Gasteiger partial charge in [-0.1, -0.05) is 29.8 Å². The maximum absolute atomic E-state index is 13.2. The minimum Gasteiger partial charge on any atom is -0.322 e. The molecule has 2 heterocycles.